The average Bonchev–Trinajstić information content (AvgIpc) is 3.64. The van der Waals surface area contributed by atoms with Gasteiger partial charge in [0.25, 0.3) is 0 Å². The predicted molar refractivity (Wildman–Crippen MR) is 130 cm³/mol. The maximum atomic E-state index is 14.6. The first kappa shape index (κ1) is 21.8. The molecule has 2 aliphatic rings. The lowest BCUT2D eigenvalue weighted by atomic mass is 9.85. The number of fused-ring (bicyclic) bond motifs is 2. The highest BCUT2D eigenvalue weighted by Crippen LogP contribution is 2.35. The van der Waals surface area contributed by atoms with E-state index >= 15 is 0 Å². The lowest BCUT2D eigenvalue weighted by Gasteiger charge is -2.30. The number of H-pyrrole nitrogens is 1. The lowest BCUT2D eigenvalue weighted by molar-refractivity contribution is -0.135. The molecule has 9 nitrogen and oxygen atoms in total. The molecule has 1 aliphatic carbocycles. The van der Waals surface area contributed by atoms with Crippen LogP contribution in [0.3, 0.4) is 0 Å². The molecule has 10 heteroatoms. The summed E-state index contributed by atoms with van der Waals surface area (Å²) in [5.74, 6) is 0.942. The van der Waals surface area contributed by atoms with Crippen molar-refractivity contribution in [2.75, 3.05) is 25.5 Å². The summed E-state index contributed by atoms with van der Waals surface area (Å²) in [5.41, 5.74) is 2.31. The third-order valence-corrected chi connectivity index (χ3v) is 7.27. The minimum Gasteiger partial charge on any atom is -0.480 e. The van der Waals surface area contributed by atoms with Crippen molar-refractivity contribution in [3.05, 3.63) is 36.7 Å². The lowest BCUT2D eigenvalue weighted by Crippen LogP contribution is -2.37. The molecule has 35 heavy (non-hydrogen) atoms. The zero-order chi connectivity index (χ0) is 23.9. The number of hydrogen-bond acceptors (Lipinski definition) is 6. The van der Waals surface area contributed by atoms with Crippen LogP contribution < -0.4 is 10.1 Å². The van der Waals surface area contributed by atoms with E-state index in [0.29, 0.717) is 34.3 Å². The van der Waals surface area contributed by atoms with Crippen molar-refractivity contribution in [3.63, 3.8) is 0 Å². The van der Waals surface area contributed by atoms with E-state index in [2.05, 4.69) is 25.3 Å². The molecule has 182 valence electrons. The highest BCUT2D eigenvalue weighted by atomic mass is 19.1. The van der Waals surface area contributed by atoms with Crippen LogP contribution in [0.5, 0.6) is 5.88 Å². The molecule has 2 N–H and O–H groups in total. The normalized spacial score (nSPS) is 20.6. The predicted octanol–water partition coefficient (Wildman–Crippen LogP) is 4.01. The Morgan fingerprint density at radius 3 is 2.77 bits per heavy atom. The van der Waals surface area contributed by atoms with Crippen LogP contribution in [0.15, 0.2) is 30.9 Å². The molecular formula is C25H28FN7O2. The van der Waals surface area contributed by atoms with Crippen molar-refractivity contribution in [3.8, 4) is 17.0 Å². The van der Waals surface area contributed by atoms with Crippen molar-refractivity contribution >= 4 is 28.5 Å². The van der Waals surface area contributed by atoms with E-state index in [9.17, 15) is 9.18 Å². The Kier molecular flexibility index (Phi) is 5.50. The summed E-state index contributed by atoms with van der Waals surface area (Å²) >= 11 is 0. The Morgan fingerprint density at radius 2 is 2.00 bits per heavy atom. The summed E-state index contributed by atoms with van der Waals surface area (Å²) in [6.07, 6.45) is 12.7. The number of anilines is 1. The SMILES string of the molecule is COc1nc(NC2CCC(C(=O)N3CCCC3)CC2)nc2[nH]cc(-c3cc(F)c4nccn4c3)c12. The molecule has 6 rings (SSSR count). The number of likely N-dealkylation sites (tertiary alicyclic amines) is 1. The number of pyridine rings is 1. The summed E-state index contributed by atoms with van der Waals surface area (Å²) in [6.45, 7) is 1.82. The number of aromatic amines is 1. The fraction of sp³-hybridized carbons (Fsp3) is 0.440. The van der Waals surface area contributed by atoms with Gasteiger partial charge in [0.15, 0.2) is 11.5 Å². The van der Waals surface area contributed by atoms with E-state index in [1.165, 1.54) is 6.07 Å². The number of aromatic nitrogens is 5. The van der Waals surface area contributed by atoms with Crippen molar-refractivity contribution in [2.24, 2.45) is 5.92 Å². The summed E-state index contributed by atoms with van der Waals surface area (Å²) in [5, 5.41) is 4.13. The summed E-state index contributed by atoms with van der Waals surface area (Å²) in [6, 6.07) is 1.66. The third-order valence-electron chi connectivity index (χ3n) is 7.27. The fourth-order valence-electron chi connectivity index (χ4n) is 5.44. The van der Waals surface area contributed by atoms with Gasteiger partial charge in [-0.3, -0.25) is 4.79 Å². The highest BCUT2D eigenvalue weighted by Gasteiger charge is 2.31. The van der Waals surface area contributed by atoms with E-state index in [1.54, 1.807) is 30.1 Å². The van der Waals surface area contributed by atoms with Gasteiger partial charge in [-0.2, -0.15) is 9.97 Å². The first-order valence-electron chi connectivity index (χ1n) is 12.2. The molecule has 4 aromatic heterocycles. The average molecular weight is 478 g/mol. The standard InChI is InChI=1S/C25H28FN7O2/c1-35-23-20-18(16-12-19(26)22-27-8-11-33(22)14-16)13-28-21(20)30-25(31-23)29-17-6-4-15(5-7-17)24(34)32-9-2-3-10-32/h8,11-15,17H,2-7,9-10H2,1H3,(H2,28,29,30,31). The second-order valence-corrected chi connectivity index (χ2v) is 9.44. The number of ether oxygens (including phenoxy) is 1. The summed E-state index contributed by atoms with van der Waals surface area (Å²) < 4.78 is 21.8. The summed E-state index contributed by atoms with van der Waals surface area (Å²) in [7, 11) is 1.57. The van der Waals surface area contributed by atoms with E-state index in [0.717, 1.165) is 57.2 Å². The number of hydrogen-bond donors (Lipinski definition) is 2. The van der Waals surface area contributed by atoms with Gasteiger partial charge >= 0.3 is 0 Å². The van der Waals surface area contributed by atoms with E-state index in [-0.39, 0.29) is 17.6 Å². The molecular weight excluding hydrogens is 449 g/mol. The van der Waals surface area contributed by atoms with Gasteiger partial charge in [0, 0.05) is 61.0 Å². The van der Waals surface area contributed by atoms with Gasteiger partial charge in [-0.15, -0.1) is 0 Å². The molecule has 2 fully saturated rings. The molecule has 1 amide bonds. The molecule has 0 unspecified atom stereocenters. The van der Waals surface area contributed by atoms with Gasteiger partial charge < -0.3 is 24.3 Å². The number of carbonyl (C=O) groups excluding carboxylic acids is 1. The maximum Gasteiger partial charge on any atom is 0.228 e. The molecule has 0 aromatic carbocycles. The Balaban J connectivity index is 1.21. The quantitative estimate of drug-likeness (QED) is 0.451. The molecule has 1 aliphatic heterocycles. The topological polar surface area (TPSA) is 100 Å². The smallest absolute Gasteiger partial charge is 0.228 e. The minimum atomic E-state index is -0.404. The van der Waals surface area contributed by atoms with E-state index < -0.39 is 5.82 Å². The summed E-state index contributed by atoms with van der Waals surface area (Å²) in [4.78, 5) is 31.3. The molecule has 0 atom stereocenters. The largest absolute Gasteiger partial charge is 0.480 e. The van der Waals surface area contributed by atoms with Gasteiger partial charge in [0.2, 0.25) is 17.7 Å². The van der Waals surface area contributed by atoms with Gasteiger partial charge in [0.1, 0.15) is 5.65 Å². The van der Waals surface area contributed by atoms with Gasteiger partial charge in [-0.25, -0.2) is 9.37 Å². The van der Waals surface area contributed by atoms with Crippen LogP contribution in [0, 0.1) is 11.7 Å². The highest BCUT2D eigenvalue weighted by molar-refractivity contribution is 5.97. The molecule has 5 heterocycles. The molecule has 4 aromatic rings. The monoisotopic (exact) mass is 477 g/mol. The second-order valence-electron chi connectivity index (χ2n) is 9.44. The second kappa shape index (κ2) is 8.83. The van der Waals surface area contributed by atoms with Crippen LogP contribution in [0.1, 0.15) is 38.5 Å². The number of nitrogens with zero attached hydrogens (tertiary/aromatic N) is 5. The van der Waals surface area contributed by atoms with Crippen LogP contribution in [-0.2, 0) is 4.79 Å². The van der Waals surface area contributed by atoms with Crippen molar-refractivity contribution in [1.29, 1.82) is 0 Å². The first-order chi connectivity index (χ1) is 17.1. The Morgan fingerprint density at radius 1 is 1.20 bits per heavy atom. The number of halogens is 1. The zero-order valence-corrected chi connectivity index (χ0v) is 19.6. The van der Waals surface area contributed by atoms with Gasteiger partial charge in [-0.05, 0) is 44.6 Å². The van der Waals surface area contributed by atoms with E-state index in [4.69, 9.17) is 4.74 Å². The molecule has 1 saturated carbocycles. The molecule has 0 radical (unpaired) electrons. The van der Waals surface area contributed by atoms with E-state index in [1.807, 2.05) is 11.1 Å². The molecule has 0 bridgehead atoms. The van der Waals surface area contributed by atoms with Crippen LogP contribution in [0.25, 0.3) is 27.8 Å². The van der Waals surface area contributed by atoms with Crippen molar-refractivity contribution < 1.29 is 13.9 Å². The number of amides is 1. The van der Waals surface area contributed by atoms with Crippen LogP contribution in [0.2, 0.25) is 0 Å². The maximum absolute atomic E-state index is 14.6. The number of methoxy groups -OCH3 is 1. The zero-order valence-electron chi connectivity index (χ0n) is 19.6. The molecule has 1 saturated heterocycles. The van der Waals surface area contributed by atoms with Gasteiger partial charge in [-0.1, -0.05) is 0 Å². The van der Waals surface area contributed by atoms with Crippen molar-refractivity contribution in [2.45, 2.75) is 44.6 Å². The Bertz CT molecular complexity index is 1380. The number of nitrogens with one attached hydrogen (secondary N) is 2. The fourth-order valence-corrected chi connectivity index (χ4v) is 5.44. The van der Waals surface area contributed by atoms with Crippen LogP contribution in [-0.4, -0.2) is 61.4 Å². The number of rotatable bonds is 5. The minimum absolute atomic E-state index is 0.128. The molecule has 0 spiro atoms. The Labute approximate surface area is 201 Å². The van der Waals surface area contributed by atoms with Crippen LogP contribution in [0.4, 0.5) is 10.3 Å². The number of imidazole rings is 1. The first-order valence-corrected chi connectivity index (χ1v) is 12.2. The number of carbonyl (C=O) groups is 1. The Hall–Kier alpha value is -3.69. The van der Waals surface area contributed by atoms with Crippen molar-refractivity contribution in [1.82, 2.24) is 29.2 Å². The van der Waals surface area contributed by atoms with Gasteiger partial charge in [0.05, 0.1) is 12.5 Å². The third kappa shape index (κ3) is 3.96. The van der Waals surface area contributed by atoms with Crippen LogP contribution >= 0.6 is 0 Å².